The molecule has 0 aromatic heterocycles. The third kappa shape index (κ3) is 7.73. The number of nitrogens with one attached hydrogen (secondary N) is 2. The van der Waals surface area contributed by atoms with Crippen molar-refractivity contribution in [3.8, 4) is 11.5 Å². The van der Waals surface area contributed by atoms with Crippen LogP contribution in [0.1, 0.15) is 23.6 Å². The normalized spacial score (nSPS) is 12.6. The van der Waals surface area contributed by atoms with Crippen LogP contribution in [0.4, 0.5) is 0 Å². The van der Waals surface area contributed by atoms with Gasteiger partial charge in [-0.1, -0.05) is 65.7 Å². The fraction of sp³-hybridized carbons (Fsp3) is 0.222. The number of carbonyl (C=O) groups excluding carboxylic acids is 2. The van der Waals surface area contributed by atoms with Gasteiger partial charge in [-0.05, 0) is 54.8 Å². The number of rotatable bonds is 10. The molecule has 188 valence electrons. The van der Waals surface area contributed by atoms with Crippen LogP contribution >= 0.6 is 23.2 Å². The molecule has 3 aromatic rings. The van der Waals surface area contributed by atoms with E-state index in [-0.39, 0.29) is 11.4 Å². The molecule has 7 nitrogen and oxygen atoms in total. The summed E-state index contributed by atoms with van der Waals surface area (Å²) in [5.41, 5.74) is 5.13. The summed E-state index contributed by atoms with van der Waals surface area (Å²) in [5, 5.41) is 7.54. The van der Waals surface area contributed by atoms with Crippen molar-refractivity contribution in [1.82, 2.24) is 10.7 Å². The van der Waals surface area contributed by atoms with E-state index >= 15 is 0 Å². The summed E-state index contributed by atoms with van der Waals surface area (Å²) in [5.74, 6) is 0.0729. The lowest BCUT2D eigenvalue weighted by atomic mass is 10.1. The molecule has 0 heterocycles. The van der Waals surface area contributed by atoms with Gasteiger partial charge in [-0.2, -0.15) is 5.10 Å². The van der Waals surface area contributed by atoms with Gasteiger partial charge in [0, 0.05) is 11.4 Å². The SMILES string of the molecule is COc1cc(/C=N\NC(=O)[C@@H](Cc2ccccc2)NC(=O)[C@H](C)Oc2ccc(Cl)cc2Cl)ccc1C. The summed E-state index contributed by atoms with van der Waals surface area (Å²) >= 11 is 12.1. The Kier molecular flexibility index (Phi) is 9.73. The van der Waals surface area contributed by atoms with Gasteiger partial charge < -0.3 is 14.8 Å². The van der Waals surface area contributed by atoms with E-state index in [0.717, 1.165) is 16.7 Å². The molecule has 3 rings (SSSR count). The zero-order chi connectivity index (χ0) is 26.1. The number of benzene rings is 3. The molecule has 36 heavy (non-hydrogen) atoms. The molecule has 0 bridgehead atoms. The van der Waals surface area contributed by atoms with Gasteiger partial charge >= 0.3 is 0 Å². The van der Waals surface area contributed by atoms with Crippen molar-refractivity contribution in [3.63, 3.8) is 0 Å². The average Bonchev–Trinajstić information content (AvgIpc) is 2.86. The van der Waals surface area contributed by atoms with E-state index in [0.29, 0.717) is 16.5 Å². The standard InChI is InChI=1S/C27H27Cl2N3O4/c1-17-9-10-20(14-25(17)35-3)16-30-32-27(34)23(13-19-7-5-4-6-8-19)31-26(33)18(2)36-24-12-11-21(28)15-22(24)29/h4-12,14-16,18,23H,13H2,1-3H3,(H,31,33)(H,32,34)/b30-16-/t18-,23+/m0/s1. The Morgan fingerprint density at radius 2 is 1.75 bits per heavy atom. The number of ether oxygens (including phenoxy) is 2. The van der Waals surface area contributed by atoms with Crippen LogP contribution in [0.3, 0.4) is 0 Å². The van der Waals surface area contributed by atoms with Gasteiger partial charge in [0.05, 0.1) is 18.3 Å². The highest BCUT2D eigenvalue weighted by molar-refractivity contribution is 6.35. The number of methoxy groups -OCH3 is 1. The van der Waals surface area contributed by atoms with Gasteiger partial charge in [0.1, 0.15) is 17.5 Å². The molecule has 0 aliphatic carbocycles. The first-order valence-corrected chi connectivity index (χ1v) is 12.0. The summed E-state index contributed by atoms with van der Waals surface area (Å²) in [6.07, 6.45) is 0.856. The fourth-order valence-electron chi connectivity index (χ4n) is 3.33. The van der Waals surface area contributed by atoms with Crippen molar-refractivity contribution in [2.24, 2.45) is 5.10 Å². The molecule has 0 saturated carbocycles. The van der Waals surface area contributed by atoms with E-state index in [2.05, 4.69) is 15.8 Å². The molecule has 0 unspecified atom stereocenters. The summed E-state index contributed by atoms with van der Waals surface area (Å²) in [6.45, 7) is 3.50. The van der Waals surface area contributed by atoms with E-state index in [1.54, 1.807) is 26.2 Å². The van der Waals surface area contributed by atoms with E-state index in [1.807, 2.05) is 55.5 Å². The molecule has 2 amide bonds. The highest BCUT2D eigenvalue weighted by Gasteiger charge is 2.25. The maximum Gasteiger partial charge on any atom is 0.262 e. The van der Waals surface area contributed by atoms with Crippen LogP contribution in [-0.4, -0.2) is 37.3 Å². The highest BCUT2D eigenvalue weighted by atomic mass is 35.5. The third-order valence-electron chi connectivity index (χ3n) is 5.30. The molecule has 2 atom stereocenters. The minimum atomic E-state index is -0.918. The Morgan fingerprint density at radius 1 is 1.00 bits per heavy atom. The third-order valence-corrected chi connectivity index (χ3v) is 5.83. The molecule has 0 aliphatic rings. The lowest BCUT2D eigenvalue weighted by Gasteiger charge is -2.21. The fourth-order valence-corrected chi connectivity index (χ4v) is 3.78. The van der Waals surface area contributed by atoms with Gasteiger partial charge in [0.2, 0.25) is 0 Å². The summed E-state index contributed by atoms with van der Waals surface area (Å²) in [6, 6.07) is 18.8. The minimum Gasteiger partial charge on any atom is -0.496 e. The molecule has 3 aromatic carbocycles. The average molecular weight is 528 g/mol. The largest absolute Gasteiger partial charge is 0.496 e. The molecule has 0 fully saturated rings. The van der Waals surface area contributed by atoms with Crippen LogP contribution in [0.15, 0.2) is 71.8 Å². The maximum absolute atomic E-state index is 13.0. The van der Waals surface area contributed by atoms with Gasteiger partial charge in [0.25, 0.3) is 11.8 Å². The van der Waals surface area contributed by atoms with E-state index in [4.69, 9.17) is 32.7 Å². The molecule has 0 radical (unpaired) electrons. The van der Waals surface area contributed by atoms with E-state index in [9.17, 15) is 9.59 Å². The van der Waals surface area contributed by atoms with Crippen LogP contribution in [0.2, 0.25) is 10.0 Å². The summed E-state index contributed by atoms with van der Waals surface area (Å²) in [7, 11) is 1.59. The number of amides is 2. The van der Waals surface area contributed by atoms with Gasteiger partial charge in [0.15, 0.2) is 6.10 Å². The highest BCUT2D eigenvalue weighted by Crippen LogP contribution is 2.28. The van der Waals surface area contributed by atoms with Crippen LogP contribution in [0.5, 0.6) is 11.5 Å². The smallest absolute Gasteiger partial charge is 0.262 e. The van der Waals surface area contributed by atoms with Crippen molar-refractivity contribution in [3.05, 3.63) is 93.5 Å². The molecular weight excluding hydrogens is 501 g/mol. The van der Waals surface area contributed by atoms with Gasteiger partial charge in [-0.25, -0.2) is 5.43 Å². The number of aryl methyl sites for hydroxylation is 1. The Bertz CT molecular complexity index is 1230. The van der Waals surface area contributed by atoms with Crippen molar-refractivity contribution < 1.29 is 19.1 Å². The van der Waals surface area contributed by atoms with Crippen LogP contribution in [0, 0.1) is 6.92 Å². The number of hydrogen-bond acceptors (Lipinski definition) is 5. The number of halogens is 2. The number of nitrogens with zero attached hydrogens (tertiary/aromatic N) is 1. The van der Waals surface area contributed by atoms with Crippen molar-refractivity contribution >= 4 is 41.2 Å². The van der Waals surface area contributed by atoms with Crippen LogP contribution in [0.25, 0.3) is 0 Å². The molecule has 9 heteroatoms. The number of carbonyl (C=O) groups is 2. The summed E-state index contributed by atoms with van der Waals surface area (Å²) < 4.78 is 11.0. The number of hydrogen-bond donors (Lipinski definition) is 2. The Balaban J connectivity index is 1.69. The van der Waals surface area contributed by atoms with Crippen molar-refractivity contribution in [1.29, 1.82) is 0 Å². The number of hydrazone groups is 1. The lowest BCUT2D eigenvalue weighted by molar-refractivity contribution is -0.132. The van der Waals surface area contributed by atoms with Gasteiger partial charge in [-0.3, -0.25) is 9.59 Å². The molecule has 0 spiro atoms. The van der Waals surface area contributed by atoms with Crippen LogP contribution < -0.4 is 20.2 Å². The molecule has 2 N–H and O–H groups in total. The minimum absolute atomic E-state index is 0.265. The maximum atomic E-state index is 13.0. The Labute approximate surface area is 220 Å². The first-order chi connectivity index (χ1) is 17.3. The van der Waals surface area contributed by atoms with E-state index in [1.165, 1.54) is 12.3 Å². The predicted octanol–water partition coefficient (Wildman–Crippen LogP) is 4.96. The lowest BCUT2D eigenvalue weighted by Crippen LogP contribution is -2.50. The molecule has 0 saturated heterocycles. The quantitative estimate of drug-likeness (QED) is 0.288. The Hall–Kier alpha value is -3.55. The Morgan fingerprint density at radius 3 is 2.44 bits per heavy atom. The summed E-state index contributed by atoms with van der Waals surface area (Å²) in [4.78, 5) is 25.9. The topological polar surface area (TPSA) is 89.0 Å². The monoisotopic (exact) mass is 527 g/mol. The second kappa shape index (κ2) is 13.0. The molecular formula is C27H27Cl2N3O4. The zero-order valence-electron chi connectivity index (χ0n) is 20.1. The van der Waals surface area contributed by atoms with Crippen molar-refractivity contribution in [2.45, 2.75) is 32.4 Å². The zero-order valence-corrected chi connectivity index (χ0v) is 21.6. The molecule has 0 aliphatic heterocycles. The first-order valence-electron chi connectivity index (χ1n) is 11.2. The predicted molar refractivity (Wildman–Crippen MR) is 142 cm³/mol. The second-order valence-electron chi connectivity index (χ2n) is 8.05. The van der Waals surface area contributed by atoms with Crippen LogP contribution in [-0.2, 0) is 16.0 Å². The van der Waals surface area contributed by atoms with Gasteiger partial charge in [-0.15, -0.1) is 0 Å². The van der Waals surface area contributed by atoms with E-state index < -0.39 is 24.0 Å². The second-order valence-corrected chi connectivity index (χ2v) is 8.89. The first kappa shape index (κ1) is 27.0. The van der Waals surface area contributed by atoms with Crippen molar-refractivity contribution in [2.75, 3.05) is 7.11 Å².